The van der Waals surface area contributed by atoms with Crippen molar-refractivity contribution in [3.05, 3.63) is 24.2 Å². The summed E-state index contributed by atoms with van der Waals surface area (Å²) in [6.07, 6.45) is 9.44. The van der Waals surface area contributed by atoms with Crippen molar-refractivity contribution in [2.45, 2.75) is 129 Å². The highest BCUT2D eigenvalue weighted by molar-refractivity contribution is 7.81. The Hall–Kier alpha value is -0.545. The largest absolute Gasteiger partial charge is 0.434 e. The van der Waals surface area contributed by atoms with Crippen LogP contribution < -0.4 is 5.32 Å². The first-order valence-electron chi connectivity index (χ1n) is 11.9. The van der Waals surface area contributed by atoms with Crippen LogP contribution in [0.3, 0.4) is 0 Å². The molecule has 173 valence electrons. The van der Waals surface area contributed by atoms with E-state index in [1.807, 2.05) is 21.3 Å². The summed E-state index contributed by atoms with van der Waals surface area (Å²) >= 11 is 4.68. The number of thiol groups is 1. The summed E-state index contributed by atoms with van der Waals surface area (Å²) in [6, 6.07) is 0. The topological polar surface area (TPSA) is 24.5 Å². The first-order valence-corrected chi connectivity index (χ1v) is 12.3. The number of nitrogens with zero attached hydrogens (tertiary/aromatic N) is 1. The molecule has 0 aromatic heterocycles. The summed E-state index contributed by atoms with van der Waals surface area (Å²) < 4.78 is 5.87. The Morgan fingerprint density at radius 3 is 2.37 bits per heavy atom. The molecule has 1 radical (unpaired) electrons. The Bertz CT molecular complexity index is 603. The van der Waals surface area contributed by atoms with E-state index in [9.17, 15) is 0 Å². The fourth-order valence-electron chi connectivity index (χ4n) is 4.39. The zero-order valence-electron chi connectivity index (χ0n) is 21.5. The summed E-state index contributed by atoms with van der Waals surface area (Å²) in [4.78, 5) is 2.44. The van der Waals surface area contributed by atoms with Gasteiger partial charge in [-0.1, -0.05) is 39.6 Å². The van der Waals surface area contributed by atoms with Crippen LogP contribution in [0.25, 0.3) is 0 Å². The Labute approximate surface area is 194 Å². The molecule has 2 aliphatic rings. The molecule has 3 nitrogen and oxygen atoms in total. The lowest BCUT2D eigenvalue weighted by atomic mass is 9.73. The molecule has 1 fully saturated rings. The van der Waals surface area contributed by atoms with E-state index in [2.05, 4.69) is 91.0 Å². The highest BCUT2D eigenvalue weighted by atomic mass is 32.1. The molecule has 2 rings (SSSR count). The summed E-state index contributed by atoms with van der Waals surface area (Å²) in [5.74, 6) is 0.668. The molecular weight excluding hydrogens is 387 g/mol. The van der Waals surface area contributed by atoms with Gasteiger partial charge in [-0.25, -0.2) is 0 Å². The van der Waals surface area contributed by atoms with Crippen molar-refractivity contribution in [3.63, 3.8) is 0 Å². The molecule has 0 saturated heterocycles. The van der Waals surface area contributed by atoms with Gasteiger partial charge in [0, 0.05) is 22.2 Å². The van der Waals surface area contributed by atoms with Crippen LogP contribution in [0.15, 0.2) is 24.2 Å². The van der Waals surface area contributed by atoms with Crippen LogP contribution in [0.4, 0.5) is 0 Å². The fourth-order valence-corrected chi connectivity index (χ4v) is 4.44. The maximum absolute atomic E-state index is 6.05. The van der Waals surface area contributed by atoms with Crippen LogP contribution in [0, 0.1) is 5.92 Å². The lowest BCUT2D eigenvalue weighted by Crippen LogP contribution is -2.62. The summed E-state index contributed by atoms with van der Waals surface area (Å²) in [5, 5.41) is 3.78. The second-order valence-electron chi connectivity index (χ2n) is 10.8. The van der Waals surface area contributed by atoms with Gasteiger partial charge in [0.25, 0.3) is 7.48 Å². The zero-order chi connectivity index (χ0) is 23.4. The molecule has 0 bridgehead atoms. The van der Waals surface area contributed by atoms with Crippen molar-refractivity contribution in [1.82, 2.24) is 10.2 Å². The van der Waals surface area contributed by atoms with Gasteiger partial charge in [-0.3, -0.25) is 0 Å². The maximum Gasteiger partial charge on any atom is 0.293 e. The number of nitrogens with one attached hydrogen (secondary N) is 1. The maximum atomic E-state index is 6.05. The zero-order valence-corrected chi connectivity index (χ0v) is 22.4. The quantitative estimate of drug-likeness (QED) is 0.233. The highest BCUT2D eigenvalue weighted by Gasteiger charge is 2.55. The minimum absolute atomic E-state index is 0.0833. The van der Waals surface area contributed by atoms with Gasteiger partial charge in [-0.2, -0.15) is 12.6 Å². The molecule has 2 atom stereocenters. The van der Waals surface area contributed by atoms with Gasteiger partial charge in [0.1, 0.15) is 0 Å². The van der Waals surface area contributed by atoms with Crippen LogP contribution in [0.2, 0.25) is 6.32 Å². The van der Waals surface area contributed by atoms with Crippen molar-refractivity contribution in [3.8, 4) is 0 Å². The van der Waals surface area contributed by atoms with Crippen LogP contribution in [0.5, 0.6) is 0 Å². The predicted octanol–water partition coefficient (Wildman–Crippen LogP) is 6.95. The Balaban J connectivity index is 0.00000218. The molecular formula is C25H48BN2OS. The molecule has 0 amide bonds. The molecule has 0 aromatic rings. The first kappa shape index (κ1) is 27.5. The molecule has 30 heavy (non-hydrogen) atoms. The van der Waals surface area contributed by atoms with E-state index in [4.69, 9.17) is 4.65 Å². The monoisotopic (exact) mass is 435 g/mol. The van der Waals surface area contributed by atoms with Gasteiger partial charge in [-0.05, 0) is 80.6 Å². The normalized spacial score (nSPS) is 24.0. The third-order valence-electron chi connectivity index (χ3n) is 6.59. The third kappa shape index (κ3) is 6.25. The van der Waals surface area contributed by atoms with Crippen molar-refractivity contribution < 1.29 is 4.65 Å². The number of rotatable bonds is 9. The van der Waals surface area contributed by atoms with Gasteiger partial charge in [0.2, 0.25) is 0 Å². The van der Waals surface area contributed by atoms with E-state index in [0.717, 1.165) is 18.4 Å². The number of hydrogen-bond donors (Lipinski definition) is 2. The second-order valence-corrected chi connectivity index (χ2v) is 11.9. The third-order valence-corrected chi connectivity index (χ3v) is 7.13. The van der Waals surface area contributed by atoms with E-state index in [-0.39, 0.29) is 21.4 Å². The summed E-state index contributed by atoms with van der Waals surface area (Å²) in [6.45, 7) is 25.5. The van der Waals surface area contributed by atoms with E-state index < -0.39 is 0 Å². The Morgan fingerprint density at radius 1 is 1.27 bits per heavy atom. The molecule has 2 unspecified atom stereocenters. The standard InChI is InChI=1S/C23H42BN2OS.C2H6/c1-17(2)26-16-19(25-20(3,4)5)23(26)14-10-12-18(23)13-11-15-24-27-21(6,7)22(8,9)28;1-2/h16,18,25,28H,1,10-15H2,2-9H3;1-2H3. The predicted molar refractivity (Wildman–Crippen MR) is 137 cm³/mol. The molecule has 1 aliphatic carbocycles. The minimum Gasteiger partial charge on any atom is -0.434 e. The van der Waals surface area contributed by atoms with Gasteiger partial charge in [0.05, 0.1) is 16.8 Å². The van der Waals surface area contributed by atoms with Crippen LogP contribution in [0.1, 0.15) is 101 Å². The van der Waals surface area contributed by atoms with Gasteiger partial charge < -0.3 is 14.9 Å². The van der Waals surface area contributed by atoms with Crippen molar-refractivity contribution in [1.29, 1.82) is 0 Å². The second kappa shape index (κ2) is 10.4. The van der Waals surface area contributed by atoms with E-state index in [1.54, 1.807) is 0 Å². The summed E-state index contributed by atoms with van der Waals surface area (Å²) in [7, 11) is 2.00. The minimum atomic E-state index is -0.276. The number of allylic oxidation sites excluding steroid dienone is 1. The van der Waals surface area contributed by atoms with Crippen LogP contribution in [-0.4, -0.2) is 33.8 Å². The van der Waals surface area contributed by atoms with E-state index in [1.165, 1.54) is 31.4 Å². The van der Waals surface area contributed by atoms with E-state index >= 15 is 0 Å². The van der Waals surface area contributed by atoms with Gasteiger partial charge >= 0.3 is 0 Å². The molecule has 1 heterocycles. The molecule has 5 heteroatoms. The fraction of sp³-hybridized carbons (Fsp3) is 0.840. The molecule has 1 spiro atoms. The first-order chi connectivity index (χ1) is 13.7. The molecule has 1 aliphatic heterocycles. The van der Waals surface area contributed by atoms with Gasteiger partial charge in [0.15, 0.2) is 0 Å². The highest BCUT2D eigenvalue weighted by Crippen LogP contribution is 2.53. The smallest absolute Gasteiger partial charge is 0.293 e. The molecule has 0 aromatic carbocycles. The molecule has 1 saturated carbocycles. The summed E-state index contributed by atoms with van der Waals surface area (Å²) in [5.41, 5.74) is 2.50. The molecule has 1 N–H and O–H groups in total. The Morgan fingerprint density at radius 2 is 1.87 bits per heavy atom. The van der Waals surface area contributed by atoms with Gasteiger partial charge in [-0.15, -0.1) is 0 Å². The van der Waals surface area contributed by atoms with Crippen molar-refractivity contribution in [2.24, 2.45) is 5.92 Å². The van der Waals surface area contributed by atoms with E-state index in [0.29, 0.717) is 5.92 Å². The SMILES string of the molecule is C=C(C)N1C=C(NC(C)(C)C)C12CCCC2CCC[B]OC(C)(C)C(C)(C)S.CC. The average Bonchev–Trinajstić information content (AvgIpc) is 3.04. The van der Waals surface area contributed by atoms with Crippen molar-refractivity contribution in [2.75, 3.05) is 0 Å². The lowest BCUT2D eigenvalue weighted by molar-refractivity contribution is 0.0814. The number of hydrogen-bond acceptors (Lipinski definition) is 4. The average molecular weight is 436 g/mol. The van der Waals surface area contributed by atoms with Crippen molar-refractivity contribution >= 4 is 20.1 Å². The van der Waals surface area contributed by atoms with Crippen LogP contribution >= 0.6 is 12.6 Å². The van der Waals surface area contributed by atoms with Crippen LogP contribution in [-0.2, 0) is 4.65 Å². The lowest BCUT2D eigenvalue weighted by Gasteiger charge is -2.55. The Kier molecular flexibility index (Phi) is 9.51.